The highest BCUT2D eigenvalue weighted by Crippen LogP contribution is 2.38. The summed E-state index contributed by atoms with van der Waals surface area (Å²) < 4.78 is 16.5. The maximum absolute atomic E-state index is 5.81. The molecule has 1 aliphatic heterocycles. The number of nitrogens with two attached hydrogens (primary N) is 1. The molecule has 0 unspecified atom stereocenters. The van der Waals surface area contributed by atoms with Gasteiger partial charge in [-0.1, -0.05) is 20.8 Å². The van der Waals surface area contributed by atoms with E-state index < -0.39 is 0 Å². The van der Waals surface area contributed by atoms with Gasteiger partial charge in [0.1, 0.15) is 5.75 Å². The molecule has 0 fully saturated rings. The monoisotopic (exact) mass is 251 g/mol. The molecule has 0 atom stereocenters. The summed E-state index contributed by atoms with van der Waals surface area (Å²) in [5, 5.41) is 0. The number of hydrogen-bond acceptors (Lipinski definition) is 4. The maximum Gasteiger partial charge on any atom is 0.231 e. The summed E-state index contributed by atoms with van der Waals surface area (Å²) in [5.74, 6) is 2.28. The van der Waals surface area contributed by atoms with Crippen LogP contribution in [0.4, 0.5) is 0 Å². The van der Waals surface area contributed by atoms with E-state index in [0.717, 1.165) is 29.2 Å². The van der Waals surface area contributed by atoms with Crippen LogP contribution in [0.15, 0.2) is 12.1 Å². The van der Waals surface area contributed by atoms with Gasteiger partial charge in [0.2, 0.25) is 6.79 Å². The van der Waals surface area contributed by atoms with Gasteiger partial charge < -0.3 is 19.9 Å². The molecule has 2 rings (SSSR count). The molecule has 100 valence electrons. The molecule has 0 amide bonds. The topological polar surface area (TPSA) is 53.7 Å². The smallest absolute Gasteiger partial charge is 0.231 e. The van der Waals surface area contributed by atoms with Gasteiger partial charge >= 0.3 is 0 Å². The molecule has 2 N–H and O–H groups in total. The van der Waals surface area contributed by atoms with E-state index in [2.05, 4.69) is 20.8 Å². The Bertz CT molecular complexity index is 424. The van der Waals surface area contributed by atoms with Crippen LogP contribution in [0.25, 0.3) is 0 Å². The quantitative estimate of drug-likeness (QED) is 0.894. The van der Waals surface area contributed by atoms with Gasteiger partial charge in [0.15, 0.2) is 11.5 Å². The second kappa shape index (κ2) is 5.06. The second-order valence-electron chi connectivity index (χ2n) is 5.68. The predicted octanol–water partition coefficient (Wildman–Crippen LogP) is 2.69. The van der Waals surface area contributed by atoms with E-state index in [1.807, 2.05) is 12.1 Å². The molecule has 0 aromatic heterocycles. The van der Waals surface area contributed by atoms with E-state index >= 15 is 0 Å². The summed E-state index contributed by atoms with van der Waals surface area (Å²) >= 11 is 0. The molecule has 4 heteroatoms. The molecule has 4 nitrogen and oxygen atoms in total. The standard InChI is InChI=1S/C14H21NO3/c1-14(2,3)4-5-16-11-7-13-12(17-9-18-13)6-10(11)8-15/h6-7H,4-5,8-9,15H2,1-3H3. The van der Waals surface area contributed by atoms with Gasteiger partial charge in [-0.3, -0.25) is 0 Å². The maximum atomic E-state index is 5.81. The first-order valence-electron chi connectivity index (χ1n) is 6.25. The molecule has 1 aromatic rings. The summed E-state index contributed by atoms with van der Waals surface area (Å²) in [4.78, 5) is 0. The highest BCUT2D eigenvalue weighted by Gasteiger charge is 2.18. The molecular formula is C14H21NO3. The van der Waals surface area contributed by atoms with Crippen molar-refractivity contribution in [3.05, 3.63) is 17.7 Å². The van der Waals surface area contributed by atoms with Crippen LogP contribution in [-0.4, -0.2) is 13.4 Å². The molecule has 0 spiro atoms. The van der Waals surface area contributed by atoms with E-state index in [0.29, 0.717) is 13.2 Å². The fourth-order valence-electron chi connectivity index (χ4n) is 1.73. The molecule has 18 heavy (non-hydrogen) atoms. The Morgan fingerprint density at radius 2 is 1.89 bits per heavy atom. The van der Waals surface area contributed by atoms with E-state index in [4.69, 9.17) is 19.9 Å². The first-order valence-corrected chi connectivity index (χ1v) is 6.25. The first-order chi connectivity index (χ1) is 8.49. The van der Waals surface area contributed by atoms with Crippen molar-refractivity contribution in [2.45, 2.75) is 33.7 Å². The summed E-state index contributed by atoms with van der Waals surface area (Å²) in [7, 11) is 0. The molecule has 0 saturated heterocycles. The van der Waals surface area contributed by atoms with Crippen LogP contribution in [0.2, 0.25) is 0 Å². The minimum Gasteiger partial charge on any atom is -0.493 e. The Hall–Kier alpha value is -1.42. The van der Waals surface area contributed by atoms with Gasteiger partial charge in [0.25, 0.3) is 0 Å². The molecular weight excluding hydrogens is 230 g/mol. The lowest BCUT2D eigenvalue weighted by molar-refractivity contribution is 0.173. The van der Waals surface area contributed by atoms with Crippen LogP contribution in [0.5, 0.6) is 17.2 Å². The zero-order chi connectivity index (χ0) is 13.2. The molecule has 1 aliphatic rings. The average molecular weight is 251 g/mol. The lowest BCUT2D eigenvalue weighted by atomic mass is 9.93. The third-order valence-corrected chi connectivity index (χ3v) is 2.89. The van der Waals surface area contributed by atoms with Gasteiger partial charge in [0.05, 0.1) is 6.61 Å². The highest BCUT2D eigenvalue weighted by molar-refractivity contribution is 5.51. The van der Waals surface area contributed by atoms with Crippen LogP contribution < -0.4 is 19.9 Å². The molecule has 0 saturated carbocycles. The Kier molecular flexibility index (Phi) is 3.66. The average Bonchev–Trinajstić information content (AvgIpc) is 2.73. The van der Waals surface area contributed by atoms with Gasteiger partial charge in [-0.05, 0) is 17.9 Å². The van der Waals surface area contributed by atoms with Crippen molar-refractivity contribution in [3.8, 4) is 17.2 Å². The lowest BCUT2D eigenvalue weighted by Gasteiger charge is -2.19. The zero-order valence-corrected chi connectivity index (χ0v) is 11.3. The summed E-state index contributed by atoms with van der Waals surface area (Å²) in [6.45, 7) is 7.96. The van der Waals surface area contributed by atoms with E-state index in [9.17, 15) is 0 Å². The van der Waals surface area contributed by atoms with Crippen LogP contribution in [0.1, 0.15) is 32.8 Å². The van der Waals surface area contributed by atoms with Crippen molar-refractivity contribution in [1.29, 1.82) is 0 Å². The van der Waals surface area contributed by atoms with Gasteiger partial charge in [-0.15, -0.1) is 0 Å². The van der Waals surface area contributed by atoms with Crippen molar-refractivity contribution in [2.24, 2.45) is 11.1 Å². The third kappa shape index (κ3) is 3.07. The number of hydrogen-bond donors (Lipinski definition) is 1. The van der Waals surface area contributed by atoms with Crippen molar-refractivity contribution >= 4 is 0 Å². The van der Waals surface area contributed by atoms with Crippen molar-refractivity contribution < 1.29 is 14.2 Å². The summed E-state index contributed by atoms with van der Waals surface area (Å²) in [6.07, 6.45) is 0.992. The second-order valence-corrected chi connectivity index (χ2v) is 5.68. The molecule has 1 heterocycles. The Morgan fingerprint density at radius 3 is 2.50 bits per heavy atom. The normalized spacial score (nSPS) is 13.8. The van der Waals surface area contributed by atoms with E-state index in [1.54, 1.807) is 0 Å². The summed E-state index contributed by atoms with van der Waals surface area (Å²) in [5.41, 5.74) is 6.94. The van der Waals surface area contributed by atoms with Crippen LogP contribution in [0, 0.1) is 5.41 Å². The number of rotatable bonds is 4. The van der Waals surface area contributed by atoms with Crippen LogP contribution in [-0.2, 0) is 6.54 Å². The fraction of sp³-hybridized carbons (Fsp3) is 0.571. The highest BCUT2D eigenvalue weighted by atomic mass is 16.7. The largest absolute Gasteiger partial charge is 0.493 e. The SMILES string of the molecule is CC(C)(C)CCOc1cc2c(cc1CN)OCO2. The van der Waals surface area contributed by atoms with Gasteiger partial charge in [-0.2, -0.15) is 0 Å². The van der Waals surface area contributed by atoms with Gasteiger partial charge in [0, 0.05) is 18.2 Å². The van der Waals surface area contributed by atoms with E-state index in [-0.39, 0.29) is 12.2 Å². The summed E-state index contributed by atoms with van der Waals surface area (Å²) in [6, 6.07) is 3.77. The number of benzene rings is 1. The Morgan fingerprint density at radius 1 is 1.22 bits per heavy atom. The van der Waals surface area contributed by atoms with Gasteiger partial charge in [-0.25, -0.2) is 0 Å². The number of fused-ring (bicyclic) bond motifs is 1. The molecule has 1 aromatic carbocycles. The molecule has 0 aliphatic carbocycles. The minimum atomic E-state index is 0.263. The Balaban J connectivity index is 2.07. The fourth-order valence-corrected chi connectivity index (χ4v) is 1.73. The van der Waals surface area contributed by atoms with Crippen LogP contribution in [0.3, 0.4) is 0 Å². The third-order valence-electron chi connectivity index (χ3n) is 2.89. The zero-order valence-electron chi connectivity index (χ0n) is 11.3. The lowest BCUT2D eigenvalue weighted by Crippen LogP contribution is -2.12. The van der Waals surface area contributed by atoms with Crippen molar-refractivity contribution in [2.75, 3.05) is 13.4 Å². The Labute approximate surface area is 108 Å². The first kappa shape index (κ1) is 13.0. The molecule has 0 radical (unpaired) electrons. The van der Waals surface area contributed by atoms with Crippen LogP contribution >= 0.6 is 0 Å². The number of ether oxygens (including phenoxy) is 3. The molecule has 0 bridgehead atoms. The van der Waals surface area contributed by atoms with Crippen molar-refractivity contribution in [3.63, 3.8) is 0 Å². The van der Waals surface area contributed by atoms with Crippen molar-refractivity contribution in [1.82, 2.24) is 0 Å². The minimum absolute atomic E-state index is 0.263. The van der Waals surface area contributed by atoms with E-state index in [1.165, 1.54) is 0 Å². The predicted molar refractivity (Wildman–Crippen MR) is 70.0 cm³/mol.